The molecule has 0 aliphatic heterocycles. The van der Waals surface area contributed by atoms with E-state index in [4.69, 9.17) is 9.97 Å². The molecule has 0 unspecified atom stereocenters. The van der Waals surface area contributed by atoms with E-state index in [9.17, 15) is 0 Å². The van der Waals surface area contributed by atoms with E-state index in [-0.39, 0.29) is 0 Å². The van der Waals surface area contributed by atoms with Crippen LogP contribution >= 0.6 is 0 Å². The first-order valence-corrected chi connectivity index (χ1v) is 12.9. The van der Waals surface area contributed by atoms with E-state index in [1.165, 1.54) is 10.9 Å². The van der Waals surface area contributed by atoms with Gasteiger partial charge >= 0.3 is 0 Å². The first-order valence-electron chi connectivity index (χ1n) is 12.9. The van der Waals surface area contributed by atoms with Gasteiger partial charge in [0.05, 0.1) is 16.9 Å². The van der Waals surface area contributed by atoms with Crippen LogP contribution in [0.3, 0.4) is 0 Å². The first kappa shape index (κ1) is 22.8. The summed E-state index contributed by atoms with van der Waals surface area (Å²) in [5, 5.41) is 1.20. The number of hydrogen-bond donors (Lipinski definition) is 0. The van der Waals surface area contributed by atoms with E-state index >= 15 is 0 Å². The van der Waals surface area contributed by atoms with Crippen LogP contribution < -0.4 is 0 Å². The van der Waals surface area contributed by atoms with Crippen molar-refractivity contribution in [1.82, 2.24) is 19.5 Å². The molecule has 39 heavy (non-hydrogen) atoms. The van der Waals surface area contributed by atoms with Crippen molar-refractivity contribution in [2.24, 2.45) is 0 Å². The molecule has 4 heteroatoms. The average molecular weight is 501 g/mol. The summed E-state index contributed by atoms with van der Waals surface area (Å²) in [5.74, 6) is 0.714. The van der Waals surface area contributed by atoms with Gasteiger partial charge in [-0.05, 0) is 35.9 Å². The zero-order valence-corrected chi connectivity index (χ0v) is 21.1. The van der Waals surface area contributed by atoms with Crippen LogP contribution in [0.1, 0.15) is 0 Å². The molecule has 3 aromatic heterocycles. The highest BCUT2D eigenvalue weighted by Gasteiger charge is 2.14. The van der Waals surface area contributed by atoms with Gasteiger partial charge in [-0.1, -0.05) is 97.1 Å². The molecule has 7 aromatic rings. The highest BCUT2D eigenvalue weighted by Crippen LogP contribution is 2.35. The van der Waals surface area contributed by atoms with Crippen molar-refractivity contribution >= 4 is 10.9 Å². The second-order valence-corrected chi connectivity index (χ2v) is 9.41. The second-order valence-electron chi connectivity index (χ2n) is 9.41. The van der Waals surface area contributed by atoms with Crippen LogP contribution in [0.25, 0.3) is 61.6 Å². The molecule has 4 aromatic carbocycles. The van der Waals surface area contributed by atoms with Crippen LogP contribution in [0.4, 0.5) is 0 Å². The van der Waals surface area contributed by atoms with E-state index in [0.29, 0.717) is 5.82 Å². The Bertz CT molecular complexity index is 1830. The van der Waals surface area contributed by atoms with Crippen LogP contribution in [-0.2, 0) is 0 Å². The van der Waals surface area contributed by atoms with Crippen molar-refractivity contribution in [2.45, 2.75) is 0 Å². The van der Waals surface area contributed by atoms with Gasteiger partial charge in [-0.3, -0.25) is 4.98 Å². The SMILES string of the molecule is c1ccc(-c2cc(-c3cccc(-c4cn(-c5ccncc5)c5ccccc45)c3)nc(-c3ccccc3)n2)cc1. The molecular weight excluding hydrogens is 476 g/mol. The predicted molar refractivity (Wildman–Crippen MR) is 158 cm³/mol. The van der Waals surface area contributed by atoms with Gasteiger partial charge in [0.2, 0.25) is 0 Å². The minimum absolute atomic E-state index is 0.714. The molecule has 0 fully saturated rings. The van der Waals surface area contributed by atoms with Gasteiger partial charge in [0.1, 0.15) is 0 Å². The molecule has 0 radical (unpaired) electrons. The lowest BCUT2D eigenvalue weighted by atomic mass is 10.00. The maximum absolute atomic E-state index is 5.03. The largest absolute Gasteiger partial charge is 0.316 e. The molecule has 0 saturated carbocycles. The normalized spacial score (nSPS) is 11.1. The van der Waals surface area contributed by atoms with Crippen LogP contribution in [0, 0.1) is 0 Å². The molecule has 4 nitrogen and oxygen atoms in total. The van der Waals surface area contributed by atoms with Gasteiger partial charge in [-0.25, -0.2) is 9.97 Å². The van der Waals surface area contributed by atoms with E-state index in [0.717, 1.165) is 44.8 Å². The third kappa shape index (κ3) is 4.38. The van der Waals surface area contributed by atoms with Gasteiger partial charge in [-0.2, -0.15) is 0 Å². The van der Waals surface area contributed by atoms with Crippen molar-refractivity contribution in [3.05, 3.63) is 146 Å². The van der Waals surface area contributed by atoms with E-state index in [2.05, 4.69) is 94.6 Å². The van der Waals surface area contributed by atoms with Gasteiger partial charge in [0.25, 0.3) is 0 Å². The quantitative estimate of drug-likeness (QED) is 0.238. The van der Waals surface area contributed by atoms with E-state index in [1.807, 2.05) is 60.9 Å². The molecule has 7 rings (SSSR count). The predicted octanol–water partition coefficient (Wildman–Crippen LogP) is 8.48. The number of benzene rings is 4. The molecule has 0 spiro atoms. The zero-order valence-electron chi connectivity index (χ0n) is 21.1. The van der Waals surface area contributed by atoms with Crippen LogP contribution in [0.15, 0.2) is 146 Å². The zero-order chi connectivity index (χ0) is 26.0. The lowest BCUT2D eigenvalue weighted by Gasteiger charge is -2.10. The Hall–Kier alpha value is -5.35. The number of aromatic nitrogens is 4. The van der Waals surface area contributed by atoms with Gasteiger partial charge in [0.15, 0.2) is 5.82 Å². The molecular formula is C35H24N4. The lowest BCUT2D eigenvalue weighted by Crippen LogP contribution is -1.96. The number of hydrogen-bond acceptors (Lipinski definition) is 3. The third-order valence-corrected chi connectivity index (χ3v) is 6.95. The smallest absolute Gasteiger partial charge is 0.160 e. The Kier molecular flexibility index (Phi) is 5.76. The molecule has 0 N–H and O–H groups in total. The molecule has 0 aliphatic rings. The molecule has 3 heterocycles. The van der Waals surface area contributed by atoms with Crippen molar-refractivity contribution in [2.75, 3.05) is 0 Å². The lowest BCUT2D eigenvalue weighted by molar-refractivity contribution is 1.11. The molecule has 0 saturated heterocycles. The number of rotatable bonds is 5. The summed E-state index contributed by atoms with van der Waals surface area (Å²) in [4.78, 5) is 14.2. The van der Waals surface area contributed by atoms with Crippen molar-refractivity contribution in [3.63, 3.8) is 0 Å². The maximum Gasteiger partial charge on any atom is 0.160 e. The molecule has 0 aliphatic carbocycles. The summed E-state index contributed by atoms with van der Waals surface area (Å²) in [6.07, 6.45) is 5.87. The second kappa shape index (κ2) is 9.84. The number of pyridine rings is 1. The number of para-hydroxylation sites is 1. The van der Waals surface area contributed by atoms with Gasteiger partial charge in [-0.15, -0.1) is 0 Å². The Labute approximate surface area is 226 Å². The molecule has 184 valence electrons. The number of nitrogens with zero attached hydrogens (tertiary/aromatic N) is 4. The summed E-state index contributed by atoms with van der Waals surface area (Å²) in [6.45, 7) is 0. The van der Waals surface area contributed by atoms with Crippen molar-refractivity contribution < 1.29 is 0 Å². The monoisotopic (exact) mass is 500 g/mol. The highest BCUT2D eigenvalue weighted by atomic mass is 15.0. The molecule has 0 bridgehead atoms. The van der Waals surface area contributed by atoms with E-state index in [1.54, 1.807) is 0 Å². The van der Waals surface area contributed by atoms with Gasteiger partial charge < -0.3 is 4.57 Å². The topological polar surface area (TPSA) is 43.6 Å². The number of fused-ring (bicyclic) bond motifs is 1. The Morgan fingerprint density at radius 3 is 1.87 bits per heavy atom. The Morgan fingerprint density at radius 2 is 1.10 bits per heavy atom. The Morgan fingerprint density at radius 1 is 0.487 bits per heavy atom. The fourth-order valence-corrected chi connectivity index (χ4v) is 5.04. The maximum atomic E-state index is 5.03. The Balaban J connectivity index is 1.39. The highest BCUT2D eigenvalue weighted by molar-refractivity contribution is 5.97. The molecule has 0 atom stereocenters. The summed E-state index contributed by atoms with van der Waals surface area (Å²) < 4.78 is 2.23. The summed E-state index contributed by atoms with van der Waals surface area (Å²) in [5.41, 5.74) is 9.44. The first-order chi connectivity index (χ1) is 19.3. The summed E-state index contributed by atoms with van der Waals surface area (Å²) in [7, 11) is 0. The minimum atomic E-state index is 0.714. The van der Waals surface area contributed by atoms with Crippen LogP contribution in [-0.4, -0.2) is 19.5 Å². The standard InChI is InChI=1S/C35H24N4/c1-3-10-25(11-4-1)32-23-33(38-35(37-32)26-12-5-2-6-13-26)28-15-9-14-27(22-28)31-24-39(29-18-20-36-21-19-29)34-17-8-7-16-30(31)34/h1-24H. The van der Waals surface area contributed by atoms with Gasteiger partial charge in [0, 0.05) is 51.9 Å². The summed E-state index contributed by atoms with van der Waals surface area (Å²) >= 11 is 0. The minimum Gasteiger partial charge on any atom is -0.316 e. The van der Waals surface area contributed by atoms with Crippen molar-refractivity contribution in [1.29, 1.82) is 0 Å². The summed E-state index contributed by atoms with van der Waals surface area (Å²) in [6, 6.07) is 43.7. The third-order valence-electron chi connectivity index (χ3n) is 6.95. The van der Waals surface area contributed by atoms with Crippen LogP contribution in [0.2, 0.25) is 0 Å². The average Bonchev–Trinajstić information content (AvgIpc) is 3.42. The van der Waals surface area contributed by atoms with Crippen molar-refractivity contribution in [3.8, 4) is 50.7 Å². The fraction of sp³-hybridized carbons (Fsp3) is 0. The molecule has 0 amide bonds. The van der Waals surface area contributed by atoms with E-state index < -0.39 is 0 Å². The fourth-order valence-electron chi connectivity index (χ4n) is 5.04. The van der Waals surface area contributed by atoms with Crippen LogP contribution in [0.5, 0.6) is 0 Å².